The Kier molecular flexibility index (Phi) is 6.97. The number of benzene rings is 2. The molecule has 0 radical (unpaired) electrons. The van der Waals surface area contributed by atoms with E-state index in [1.807, 2.05) is 37.3 Å². The Morgan fingerprint density at radius 3 is 2.66 bits per heavy atom. The summed E-state index contributed by atoms with van der Waals surface area (Å²) < 4.78 is 12.1. The van der Waals surface area contributed by atoms with E-state index in [1.54, 1.807) is 37.6 Å². The third kappa shape index (κ3) is 5.65. The van der Waals surface area contributed by atoms with Crippen LogP contribution in [-0.2, 0) is 6.61 Å². The first-order valence-corrected chi connectivity index (χ1v) is 9.66. The Morgan fingerprint density at radius 2 is 1.97 bits per heavy atom. The first kappa shape index (κ1) is 20.5. The minimum absolute atomic E-state index is 0.293. The number of nitrogens with one attached hydrogen (secondary N) is 1. The maximum Gasteiger partial charge on any atom is 0.289 e. The van der Waals surface area contributed by atoms with E-state index in [2.05, 4.69) is 31.4 Å². The molecule has 0 aliphatic rings. The molecule has 2 aromatic carbocycles. The molecular weight excluding hydrogens is 434 g/mol. The van der Waals surface area contributed by atoms with E-state index in [4.69, 9.17) is 9.47 Å². The molecule has 3 aromatic rings. The number of carbonyl (C=O) groups excluding carboxylic acids is 1. The topological polar surface area (TPSA) is 72.8 Å². The molecule has 29 heavy (non-hydrogen) atoms. The van der Waals surface area contributed by atoms with Crippen LogP contribution in [0, 0.1) is 6.92 Å². The molecule has 0 spiro atoms. The number of hydrogen-bond acceptors (Lipinski definition) is 5. The van der Waals surface area contributed by atoms with Crippen molar-refractivity contribution < 1.29 is 14.3 Å². The number of hydrogen-bond donors (Lipinski definition) is 1. The summed E-state index contributed by atoms with van der Waals surface area (Å²) in [4.78, 5) is 16.0. The van der Waals surface area contributed by atoms with E-state index in [0.29, 0.717) is 23.8 Å². The molecule has 0 atom stereocenters. The van der Waals surface area contributed by atoms with E-state index in [1.165, 1.54) is 11.8 Å². The first-order valence-electron chi connectivity index (χ1n) is 8.87. The highest BCUT2D eigenvalue weighted by atomic mass is 79.9. The average molecular weight is 454 g/mol. The fraction of sp³-hybridized carbons (Fsp3) is 0.136. The van der Waals surface area contributed by atoms with Gasteiger partial charge in [-0.1, -0.05) is 35.9 Å². The molecule has 1 amide bonds. The van der Waals surface area contributed by atoms with Gasteiger partial charge in [-0.15, -0.1) is 0 Å². The highest BCUT2D eigenvalue weighted by Crippen LogP contribution is 2.33. The Labute approximate surface area is 177 Å². The van der Waals surface area contributed by atoms with Gasteiger partial charge >= 0.3 is 0 Å². The zero-order valence-corrected chi connectivity index (χ0v) is 17.6. The maximum absolute atomic E-state index is 12.0. The van der Waals surface area contributed by atoms with Gasteiger partial charge in [0.2, 0.25) is 0 Å². The van der Waals surface area contributed by atoms with Crippen LogP contribution in [-0.4, -0.2) is 24.2 Å². The van der Waals surface area contributed by atoms with E-state index in [0.717, 1.165) is 15.6 Å². The number of hydrazone groups is 1. The van der Waals surface area contributed by atoms with Gasteiger partial charge in [0.05, 0.1) is 13.3 Å². The highest BCUT2D eigenvalue weighted by Gasteiger charge is 2.10. The van der Waals surface area contributed by atoms with Crippen molar-refractivity contribution in [3.05, 3.63) is 87.7 Å². The Morgan fingerprint density at radius 1 is 1.17 bits per heavy atom. The number of amides is 1. The lowest BCUT2D eigenvalue weighted by Crippen LogP contribution is -2.18. The largest absolute Gasteiger partial charge is 0.493 e. The zero-order valence-electron chi connectivity index (χ0n) is 16.1. The molecule has 1 heterocycles. The maximum atomic E-state index is 12.0. The molecule has 3 rings (SSSR count). The smallest absolute Gasteiger partial charge is 0.289 e. The summed E-state index contributed by atoms with van der Waals surface area (Å²) in [6, 6.07) is 16.8. The Hall–Kier alpha value is -3.19. The summed E-state index contributed by atoms with van der Waals surface area (Å²) in [5.41, 5.74) is 5.74. The summed E-state index contributed by atoms with van der Waals surface area (Å²) in [5, 5.41) is 3.99. The van der Waals surface area contributed by atoms with Crippen LogP contribution in [0.15, 0.2) is 70.4 Å². The van der Waals surface area contributed by atoms with Gasteiger partial charge in [0.1, 0.15) is 12.3 Å². The van der Waals surface area contributed by atoms with Crippen molar-refractivity contribution in [2.24, 2.45) is 5.10 Å². The van der Waals surface area contributed by atoms with Crippen LogP contribution in [0.1, 0.15) is 27.2 Å². The standard InChI is InChI=1S/C22H20BrN3O3/c1-15-6-8-16(9-7-15)14-29-21-12-18(23)17(11-20(21)28-2)13-25-26-22(27)19-5-3-4-10-24-19/h3-13H,14H2,1-2H3,(H,26,27). The molecule has 0 fully saturated rings. The summed E-state index contributed by atoms with van der Waals surface area (Å²) in [7, 11) is 1.58. The number of ether oxygens (including phenoxy) is 2. The summed E-state index contributed by atoms with van der Waals surface area (Å²) in [6.07, 6.45) is 3.08. The Balaban J connectivity index is 1.68. The molecule has 6 nitrogen and oxygen atoms in total. The van der Waals surface area contributed by atoms with Crippen LogP contribution in [0.3, 0.4) is 0 Å². The zero-order chi connectivity index (χ0) is 20.6. The van der Waals surface area contributed by atoms with Gasteiger partial charge in [0.15, 0.2) is 11.5 Å². The second-order valence-electron chi connectivity index (χ2n) is 6.21. The van der Waals surface area contributed by atoms with Gasteiger partial charge in [-0.05, 0) is 52.7 Å². The number of halogens is 1. The number of pyridine rings is 1. The molecule has 0 aliphatic heterocycles. The molecule has 1 aromatic heterocycles. The fourth-order valence-electron chi connectivity index (χ4n) is 2.48. The predicted molar refractivity (Wildman–Crippen MR) is 116 cm³/mol. The van der Waals surface area contributed by atoms with Crippen molar-refractivity contribution in [3.63, 3.8) is 0 Å². The van der Waals surface area contributed by atoms with Gasteiger partial charge < -0.3 is 9.47 Å². The minimum Gasteiger partial charge on any atom is -0.493 e. The molecule has 0 aliphatic carbocycles. The third-order valence-corrected chi connectivity index (χ3v) is 4.75. The molecule has 0 saturated heterocycles. The average Bonchev–Trinajstić information content (AvgIpc) is 2.75. The van der Waals surface area contributed by atoms with Crippen molar-refractivity contribution in [1.29, 1.82) is 0 Å². The lowest BCUT2D eigenvalue weighted by atomic mass is 10.2. The molecule has 1 N–H and O–H groups in total. The van der Waals surface area contributed by atoms with Crippen molar-refractivity contribution >= 4 is 28.1 Å². The molecule has 7 heteroatoms. The number of aromatic nitrogens is 1. The monoisotopic (exact) mass is 453 g/mol. The van der Waals surface area contributed by atoms with Gasteiger partial charge in [-0.2, -0.15) is 5.10 Å². The number of nitrogens with zero attached hydrogens (tertiary/aromatic N) is 2. The summed E-state index contributed by atoms with van der Waals surface area (Å²) in [5.74, 6) is 0.787. The number of methoxy groups -OCH3 is 1. The Bertz CT molecular complexity index is 1010. The molecule has 0 bridgehead atoms. The first-order chi connectivity index (χ1) is 14.1. The minimum atomic E-state index is -0.386. The molecule has 0 unspecified atom stereocenters. The van der Waals surface area contributed by atoms with Crippen molar-refractivity contribution in [2.75, 3.05) is 7.11 Å². The molecular formula is C22H20BrN3O3. The van der Waals surface area contributed by atoms with Crippen LogP contribution < -0.4 is 14.9 Å². The van der Waals surface area contributed by atoms with E-state index in [9.17, 15) is 4.79 Å². The van der Waals surface area contributed by atoms with E-state index in [-0.39, 0.29) is 5.91 Å². The van der Waals surface area contributed by atoms with Crippen LogP contribution in [0.4, 0.5) is 0 Å². The predicted octanol–water partition coefficient (Wildman–Crippen LogP) is 4.50. The van der Waals surface area contributed by atoms with Crippen molar-refractivity contribution in [2.45, 2.75) is 13.5 Å². The third-order valence-electron chi connectivity index (χ3n) is 4.07. The normalized spacial score (nSPS) is 10.7. The second-order valence-corrected chi connectivity index (χ2v) is 7.07. The lowest BCUT2D eigenvalue weighted by Gasteiger charge is -2.13. The quantitative estimate of drug-likeness (QED) is 0.422. The lowest BCUT2D eigenvalue weighted by molar-refractivity contribution is 0.0950. The summed E-state index contributed by atoms with van der Waals surface area (Å²) in [6.45, 7) is 2.47. The van der Waals surface area contributed by atoms with E-state index >= 15 is 0 Å². The van der Waals surface area contributed by atoms with Gasteiger partial charge in [-0.3, -0.25) is 9.78 Å². The van der Waals surface area contributed by atoms with Gasteiger partial charge in [0, 0.05) is 16.2 Å². The highest BCUT2D eigenvalue weighted by molar-refractivity contribution is 9.10. The fourth-order valence-corrected chi connectivity index (χ4v) is 2.91. The van der Waals surface area contributed by atoms with Crippen LogP contribution >= 0.6 is 15.9 Å². The van der Waals surface area contributed by atoms with Crippen molar-refractivity contribution in [1.82, 2.24) is 10.4 Å². The van der Waals surface area contributed by atoms with E-state index < -0.39 is 0 Å². The SMILES string of the molecule is COc1cc(C=NNC(=O)c2ccccn2)c(Br)cc1OCc1ccc(C)cc1. The van der Waals surface area contributed by atoms with Crippen molar-refractivity contribution in [3.8, 4) is 11.5 Å². The number of carbonyl (C=O) groups is 1. The number of rotatable bonds is 7. The molecule has 148 valence electrons. The molecule has 0 saturated carbocycles. The van der Waals surface area contributed by atoms with Gasteiger partial charge in [-0.25, -0.2) is 5.43 Å². The van der Waals surface area contributed by atoms with Crippen LogP contribution in [0.25, 0.3) is 0 Å². The van der Waals surface area contributed by atoms with Crippen LogP contribution in [0.2, 0.25) is 0 Å². The van der Waals surface area contributed by atoms with Crippen LogP contribution in [0.5, 0.6) is 11.5 Å². The summed E-state index contributed by atoms with van der Waals surface area (Å²) >= 11 is 3.51. The second kappa shape index (κ2) is 9.84. The van der Waals surface area contributed by atoms with Gasteiger partial charge in [0.25, 0.3) is 5.91 Å². The number of aryl methyl sites for hydroxylation is 1.